The van der Waals surface area contributed by atoms with Crippen LogP contribution in [-0.4, -0.2) is 35.0 Å². The van der Waals surface area contributed by atoms with Crippen molar-refractivity contribution in [3.63, 3.8) is 0 Å². The third-order valence-electron chi connectivity index (χ3n) is 4.09. The molecule has 0 unspecified atom stereocenters. The van der Waals surface area contributed by atoms with Crippen LogP contribution in [0.15, 0.2) is 48.5 Å². The van der Waals surface area contributed by atoms with Crippen molar-refractivity contribution in [2.75, 3.05) is 24.7 Å². The van der Waals surface area contributed by atoms with Crippen molar-refractivity contribution in [2.45, 2.75) is 12.8 Å². The van der Waals surface area contributed by atoms with Crippen LogP contribution in [0.2, 0.25) is 0 Å². The molecule has 3 aromatic rings. The second kappa shape index (κ2) is 8.36. The predicted octanol–water partition coefficient (Wildman–Crippen LogP) is 3.56. The van der Waals surface area contributed by atoms with Gasteiger partial charge >= 0.3 is 12.1 Å². The normalized spacial score (nSPS) is 11.2. The Morgan fingerprint density at radius 3 is 2.33 bits per heavy atom. The number of halogens is 3. The van der Waals surface area contributed by atoms with Crippen LogP contribution in [0.25, 0.3) is 11.1 Å². The molecule has 0 saturated carbocycles. The first-order valence-electron chi connectivity index (χ1n) is 8.76. The number of hydrogen-bond donors (Lipinski definition) is 1. The van der Waals surface area contributed by atoms with Crippen molar-refractivity contribution >= 4 is 17.9 Å². The fourth-order valence-electron chi connectivity index (χ4n) is 2.65. The van der Waals surface area contributed by atoms with Gasteiger partial charge in [-0.15, -0.1) is 0 Å². The van der Waals surface area contributed by atoms with Crippen LogP contribution >= 0.6 is 0 Å². The summed E-state index contributed by atoms with van der Waals surface area (Å²) in [6, 6.07) is 11.0. The van der Waals surface area contributed by atoms with Crippen LogP contribution in [0, 0.1) is 0 Å². The number of nitrogen functional groups attached to an aromatic ring is 1. The summed E-state index contributed by atoms with van der Waals surface area (Å²) in [6.45, 7) is -0.242. The monoisotopic (exact) mass is 417 g/mol. The molecule has 30 heavy (non-hydrogen) atoms. The average molecular weight is 417 g/mol. The van der Waals surface area contributed by atoms with Crippen molar-refractivity contribution in [3.05, 3.63) is 65.5 Å². The van der Waals surface area contributed by atoms with Gasteiger partial charge in [0.2, 0.25) is 11.9 Å². The number of ether oxygens (including phenoxy) is 1. The zero-order valence-corrected chi connectivity index (χ0v) is 16.1. The van der Waals surface area contributed by atoms with Gasteiger partial charge in [0.05, 0.1) is 11.1 Å². The largest absolute Gasteiger partial charge is 0.454 e. The zero-order valence-electron chi connectivity index (χ0n) is 16.1. The highest BCUT2D eigenvalue weighted by atomic mass is 19.4. The maximum atomic E-state index is 12.8. The van der Waals surface area contributed by atoms with Gasteiger partial charge in [-0.2, -0.15) is 28.1 Å². The number of rotatable bonds is 5. The molecule has 156 valence electrons. The third kappa shape index (κ3) is 4.83. The Hall–Kier alpha value is -3.69. The van der Waals surface area contributed by atoms with Gasteiger partial charge in [0.25, 0.3) is 0 Å². The lowest BCUT2D eigenvalue weighted by Crippen LogP contribution is -2.17. The molecule has 2 N–H and O–H groups in total. The van der Waals surface area contributed by atoms with Gasteiger partial charge < -0.3 is 15.4 Å². The van der Waals surface area contributed by atoms with E-state index in [0.29, 0.717) is 17.1 Å². The van der Waals surface area contributed by atoms with E-state index in [0.717, 1.165) is 12.1 Å². The van der Waals surface area contributed by atoms with E-state index >= 15 is 0 Å². The molecule has 0 aliphatic heterocycles. The maximum Gasteiger partial charge on any atom is 0.416 e. The number of esters is 1. The number of anilines is 2. The average Bonchev–Trinajstić information content (AvgIpc) is 2.71. The van der Waals surface area contributed by atoms with Crippen molar-refractivity contribution < 1.29 is 22.7 Å². The fourth-order valence-corrected chi connectivity index (χ4v) is 2.65. The van der Waals surface area contributed by atoms with Gasteiger partial charge in [-0.05, 0) is 29.3 Å². The van der Waals surface area contributed by atoms with Gasteiger partial charge in [-0.1, -0.05) is 30.3 Å². The summed E-state index contributed by atoms with van der Waals surface area (Å²) >= 11 is 0. The predicted molar refractivity (Wildman–Crippen MR) is 105 cm³/mol. The zero-order chi connectivity index (χ0) is 21.9. The van der Waals surface area contributed by atoms with Crippen molar-refractivity contribution in [2.24, 2.45) is 0 Å². The first kappa shape index (κ1) is 21.0. The lowest BCUT2D eigenvalue weighted by molar-refractivity contribution is -0.137. The van der Waals surface area contributed by atoms with E-state index in [2.05, 4.69) is 15.0 Å². The van der Waals surface area contributed by atoms with Crippen molar-refractivity contribution in [3.8, 4) is 11.1 Å². The van der Waals surface area contributed by atoms with Gasteiger partial charge in [0, 0.05) is 14.1 Å². The standard InChI is InChI=1S/C20H18F3N5O2/c1-28(2)19-26-16(25-18(24)27-19)11-30-17(29)15-6-4-3-5-14(15)12-7-9-13(10-8-12)20(21,22)23/h3-10H,11H2,1-2H3,(H2,24,25,26,27). The van der Waals surface area contributed by atoms with E-state index in [-0.39, 0.29) is 23.9 Å². The van der Waals surface area contributed by atoms with Gasteiger partial charge in [0.15, 0.2) is 12.4 Å². The summed E-state index contributed by atoms with van der Waals surface area (Å²) in [5.74, 6) is -0.189. The number of carbonyl (C=O) groups excluding carboxylic acids is 1. The summed E-state index contributed by atoms with van der Waals surface area (Å²) in [7, 11) is 3.45. The van der Waals surface area contributed by atoms with E-state index in [4.69, 9.17) is 10.5 Å². The molecular formula is C20H18F3N5O2. The highest BCUT2D eigenvalue weighted by molar-refractivity contribution is 5.97. The molecule has 0 fully saturated rings. The maximum absolute atomic E-state index is 12.8. The number of aromatic nitrogens is 3. The number of carbonyl (C=O) groups is 1. The van der Waals surface area contributed by atoms with E-state index in [1.165, 1.54) is 18.2 Å². The molecule has 1 heterocycles. The lowest BCUT2D eigenvalue weighted by Gasteiger charge is -2.13. The molecular weight excluding hydrogens is 399 g/mol. The minimum Gasteiger partial charge on any atom is -0.454 e. The Labute approximate surface area is 170 Å². The molecule has 10 heteroatoms. The second-order valence-electron chi connectivity index (χ2n) is 6.50. The molecule has 1 aromatic heterocycles. The molecule has 0 radical (unpaired) electrons. The SMILES string of the molecule is CN(C)c1nc(N)nc(COC(=O)c2ccccc2-c2ccc(C(F)(F)F)cc2)n1. The Kier molecular flexibility index (Phi) is 5.86. The molecule has 2 aromatic carbocycles. The Bertz CT molecular complexity index is 1050. The third-order valence-corrected chi connectivity index (χ3v) is 4.09. The van der Waals surface area contributed by atoms with Crippen molar-refractivity contribution in [1.82, 2.24) is 15.0 Å². The van der Waals surface area contributed by atoms with Crippen LogP contribution in [-0.2, 0) is 17.5 Å². The van der Waals surface area contributed by atoms with Crippen molar-refractivity contribution in [1.29, 1.82) is 0 Å². The van der Waals surface area contributed by atoms with E-state index < -0.39 is 17.7 Å². The van der Waals surface area contributed by atoms with Crippen LogP contribution in [0.3, 0.4) is 0 Å². The Morgan fingerprint density at radius 2 is 1.70 bits per heavy atom. The number of nitrogens with two attached hydrogens (primary N) is 1. The molecule has 7 nitrogen and oxygen atoms in total. The fraction of sp³-hybridized carbons (Fsp3) is 0.200. The van der Waals surface area contributed by atoms with E-state index in [1.54, 1.807) is 37.2 Å². The molecule has 0 saturated heterocycles. The first-order valence-corrected chi connectivity index (χ1v) is 8.76. The highest BCUT2D eigenvalue weighted by Gasteiger charge is 2.30. The number of hydrogen-bond acceptors (Lipinski definition) is 7. The molecule has 0 aliphatic carbocycles. The summed E-state index contributed by atoms with van der Waals surface area (Å²) in [4.78, 5) is 26.3. The molecule has 3 rings (SSSR count). The van der Waals surface area contributed by atoms with Crippen LogP contribution < -0.4 is 10.6 Å². The minimum absolute atomic E-state index is 0.00935. The molecule has 0 spiro atoms. The first-order chi connectivity index (χ1) is 14.1. The summed E-state index contributed by atoms with van der Waals surface area (Å²) in [5, 5.41) is 0. The van der Waals surface area contributed by atoms with E-state index in [1.807, 2.05) is 0 Å². The second-order valence-corrected chi connectivity index (χ2v) is 6.50. The van der Waals surface area contributed by atoms with Gasteiger partial charge in [0.1, 0.15) is 0 Å². The van der Waals surface area contributed by atoms with Crippen LogP contribution in [0.4, 0.5) is 25.1 Å². The number of nitrogens with zero attached hydrogens (tertiary/aromatic N) is 4. The molecule has 0 amide bonds. The van der Waals surface area contributed by atoms with E-state index in [9.17, 15) is 18.0 Å². The highest BCUT2D eigenvalue weighted by Crippen LogP contribution is 2.32. The van der Waals surface area contributed by atoms with Crippen LogP contribution in [0.5, 0.6) is 0 Å². The molecule has 0 atom stereocenters. The Balaban J connectivity index is 1.81. The smallest absolute Gasteiger partial charge is 0.416 e. The minimum atomic E-state index is -4.44. The van der Waals surface area contributed by atoms with Crippen LogP contribution in [0.1, 0.15) is 21.7 Å². The summed E-state index contributed by atoms with van der Waals surface area (Å²) in [5.41, 5.74) is 5.98. The topological polar surface area (TPSA) is 94.2 Å². The van der Waals surface area contributed by atoms with Gasteiger partial charge in [-0.25, -0.2) is 4.79 Å². The quantitative estimate of drug-likeness (QED) is 0.635. The summed E-state index contributed by atoms with van der Waals surface area (Å²) in [6.07, 6.45) is -4.44. The Morgan fingerprint density at radius 1 is 1.03 bits per heavy atom. The number of alkyl halides is 3. The molecule has 0 aliphatic rings. The molecule has 0 bridgehead atoms. The summed E-state index contributed by atoms with van der Waals surface area (Å²) < 4.78 is 43.7. The lowest BCUT2D eigenvalue weighted by atomic mass is 9.98. The number of benzene rings is 2. The van der Waals surface area contributed by atoms with Gasteiger partial charge in [-0.3, -0.25) is 0 Å².